The van der Waals surface area contributed by atoms with E-state index in [0.717, 1.165) is 0 Å². The van der Waals surface area contributed by atoms with E-state index < -0.39 is 26.3 Å². The minimum absolute atomic E-state index is 0.0463. The van der Waals surface area contributed by atoms with Gasteiger partial charge in [-0.25, -0.2) is 4.39 Å². The van der Waals surface area contributed by atoms with Crippen molar-refractivity contribution < 1.29 is 26.9 Å². The second-order valence-electron chi connectivity index (χ2n) is 3.33. The monoisotopic (exact) mass is 258 g/mol. The number of ether oxygens (including phenoxy) is 1. The molecule has 0 amide bonds. The first-order valence-electron chi connectivity index (χ1n) is 4.37. The van der Waals surface area contributed by atoms with Crippen molar-refractivity contribution in [1.82, 2.24) is 0 Å². The van der Waals surface area contributed by atoms with E-state index in [9.17, 15) is 17.6 Å². The SMILES string of the molecule is [B]c1c(F)c(S(=O)(=O)O)c(C)c(C)c1OC=O. The second-order valence-corrected chi connectivity index (χ2v) is 4.68. The number of carbonyl (C=O) groups excluding carboxylic acids is 1. The minimum Gasteiger partial charge on any atom is -0.429 e. The number of carbonyl (C=O) groups is 1. The average Bonchev–Trinajstić information content (AvgIpc) is 2.20. The summed E-state index contributed by atoms with van der Waals surface area (Å²) in [6.45, 7) is 2.70. The normalized spacial score (nSPS) is 11.3. The molecule has 90 valence electrons. The molecule has 0 spiro atoms. The fraction of sp³-hybridized carbons (Fsp3) is 0.222. The standard InChI is InChI=1S/C9H8BFO5S/c1-4-5(2)9(17(13,14)15)7(11)6(10)8(4)16-3-12/h3H,1-2H3,(H,13,14,15). The molecule has 1 N–H and O–H groups in total. The summed E-state index contributed by atoms with van der Waals surface area (Å²) in [5.41, 5.74) is -0.562. The molecule has 8 heteroatoms. The zero-order valence-electron chi connectivity index (χ0n) is 9.02. The Labute approximate surface area is 98.7 Å². The lowest BCUT2D eigenvalue weighted by atomic mass is 9.90. The van der Waals surface area contributed by atoms with Gasteiger partial charge in [0.2, 0.25) is 0 Å². The lowest BCUT2D eigenvalue weighted by Gasteiger charge is -2.15. The molecule has 0 saturated carbocycles. The smallest absolute Gasteiger partial charge is 0.298 e. The molecule has 0 aliphatic heterocycles. The third-order valence-corrected chi connectivity index (χ3v) is 3.35. The van der Waals surface area contributed by atoms with Gasteiger partial charge in [-0.3, -0.25) is 9.35 Å². The summed E-state index contributed by atoms with van der Waals surface area (Å²) in [7, 11) is 0.562. The number of hydrogen-bond acceptors (Lipinski definition) is 4. The topological polar surface area (TPSA) is 80.7 Å². The van der Waals surface area contributed by atoms with Crippen molar-refractivity contribution in [2.24, 2.45) is 0 Å². The van der Waals surface area contributed by atoms with Crippen molar-refractivity contribution in [2.75, 3.05) is 0 Å². The highest BCUT2D eigenvalue weighted by molar-refractivity contribution is 7.86. The number of hydrogen-bond donors (Lipinski definition) is 1. The van der Waals surface area contributed by atoms with Crippen LogP contribution in [0.15, 0.2) is 4.90 Å². The van der Waals surface area contributed by atoms with Crippen LogP contribution in [0, 0.1) is 19.7 Å². The van der Waals surface area contributed by atoms with E-state index in [1.165, 1.54) is 13.8 Å². The zero-order chi connectivity index (χ0) is 13.4. The highest BCUT2D eigenvalue weighted by Gasteiger charge is 2.25. The summed E-state index contributed by atoms with van der Waals surface area (Å²) in [6.07, 6.45) is 0. The summed E-state index contributed by atoms with van der Waals surface area (Å²) in [5, 5.41) is 0. The van der Waals surface area contributed by atoms with Crippen LogP contribution in [0.25, 0.3) is 0 Å². The van der Waals surface area contributed by atoms with Crippen molar-refractivity contribution in [2.45, 2.75) is 18.7 Å². The fourth-order valence-electron chi connectivity index (χ4n) is 1.44. The molecule has 17 heavy (non-hydrogen) atoms. The first-order chi connectivity index (χ1) is 7.71. The van der Waals surface area contributed by atoms with E-state index in [1.54, 1.807) is 0 Å². The summed E-state index contributed by atoms with van der Waals surface area (Å²) in [5.74, 6) is -1.60. The molecule has 0 aromatic heterocycles. The minimum atomic E-state index is -4.74. The van der Waals surface area contributed by atoms with Gasteiger partial charge in [0.25, 0.3) is 16.6 Å². The van der Waals surface area contributed by atoms with Crippen molar-refractivity contribution in [3.05, 3.63) is 16.9 Å². The number of benzene rings is 1. The molecule has 0 heterocycles. The van der Waals surface area contributed by atoms with Gasteiger partial charge in [-0.15, -0.1) is 0 Å². The first-order valence-corrected chi connectivity index (χ1v) is 5.81. The molecule has 0 atom stereocenters. The maximum absolute atomic E-state index is 13.7. The Morgan fingerprint density at radius 1 is 1.35 bits per heavy atom. The summed E-state index contributed by atoms with van der Waals surface area (Å²) in [4.78, 5) is 9.30. The van der Waals surface area contributed by atoms with Crippen LogP contribution in [0.1, 0.15) is 11.1 Å². The van der Waals surface area contributed by atoms with Crippen LogP contribution in [0.3, 0.4) is 0 Å². The predicted octanol–water partition coefficient (Wildman–Crippen LogP) is 0.0182. The summed E-state index contributed by atoms with van der Waals surface area (Å²) >= 11 is 0. The molecular formula is C9H8BFO5S. The van der Waals surface area contributed by atoms with E-state index >= 15 is 0 Å². The van der Waals surface area contributed by atoms with Crippen LogP contribution in [0.4, 0.5) is 4.39 Å². The molecule has 1 aromatic carbocycles. The Hall–Kier alpha value is -1.41. The highest BCUT2D eigenvalue weighted by Crippen LogP contribution is 2.27. The third-order valence-electron chi connectivity index (χ3n) is 2.35. The van der Waals surface area contributed by atoms with Gasteiger partial charge < -0.3 is 4.74 Å². The third kappa shape index (κ3) is 2.32. The van der Waals surface area contributed by atoms with Crippen LogP contribution < -0.4 is 10.2 Å². The second kappa shape index (κ2) is 4.46. The van der Waals surface area contributed by atoms with Crippen LogP contribution in [0.2, 0.25) is 0 Å². The molecule has 0 bridgehead atoms. The molecule has 0 aliphatic rings. The van der Waals surface area contributed by atoms with Gasteiger partial charge in [0.15, 0.2) is 0 Å². The highest BCUT2D eigenvalue weighted by atomic mass is 32.2. The Morgan fingerprint density at radius 2 is 1.88 bits per heavy atom. The van der Waals surface area contributed by atoms with E-state index in [-0.39, 0.29) is 23.3 Å². The van der Waals surface area contributed by atoms with E-state index in [0.29, 0.717) is 0 Å². The predicted molar refractivity (Wildman–Crippen MR) is 57.8 cm³/mol. The zero-order valence-corrected chi connectivity index (χ0v) is 9.84. The quantitative estimate of drug-likeness (QED) is 0.469. The van der Waals surface area contributed by atoms with Crippen molar-refractivity contribution in [3.8, 4) is 5.75 Å². The van der Waals surface area contributed by atoms with Crippen LogP contribution in [-0.2, 0) is 14.9 Å². The molecule has 0 saturated heterocycles. The maximum atomic E-state index is 13.7. The lowest BCUT2D eigenvalue weighted by molar-refractivity contribution is -0.120. The van der Waals surface area contributed by atoms with Gasteiger partial charge in [0, 0.05) is 0 Å². The molecule has 0 fully saturated rings. The Kier molecular flexibility index (Phi) is 3.58. The molecule has 0 unspecified atom stereocenters. The average molecular weight is 258 g/mol. The van der Waals surface area contributed by atoms with E-state index in [1.807, 2.05) is 0 Å². The molecule has 0 aliphatic carbocycles. The maximum Gasteiger partial charge on any atom is 0.298 e. The Bertz CT molecular complexity index is 553. The van der Waals surface area contributed by atoms with Gasteiger partial charge >= 0.3 is 0 Å². The molecule has 1 aromatic rings. The van der Waals surface area contributed by atoms with Crippen molar-refractivity contribution in [3.63, 3.8) is 0 Å². The molecule has 1 rings (SSSR count). The van der Waals surface area contributed by atoms with Crippen LogP contribution in [0.5, 0.6) is 5.75 Å². The van der Waals surface area contributed by atoms with Crippen LogP contribution in [-0.4, -0.2) is 27.3 Å². The lowest BCUT2D eigenvalue weighted by Crippen LogP contribution is -2.21. The molecule has 5 nitrogen and oxygen atoms in total. The van der Waals surface area contributed by atoms with Gasteiger partial charge in [-0.05, 0) is 30.4 Å². The molecule has 2 radical (unpaired) electrons. The van der Waals surface area contributed by atoms with E-state index in [4.69, 9.17) is 12.4 Å². The van der Waals surface area contributed by atoms with Crippen molar-refractivity contribution >= 4 is 29.9 Å². The largest absolute Gasteiger partial charge is 0.429 e. The van der Waals surface area contributed by atoms with Gasteiger partial charge in [-0.2, -0.15) is 8.42 Å². The van der Waals surface area contributed by atoms with Crippen molar-refractivity contribution in [1.29, 1.82) is 0 Å². The number of rotatable bonds is 3. The van der Waals surface area contributed by atoms with Gasteiger partial charge in [0.05, 0.1) is 0 Å². The molecular weight excluding hydrogens is 250 g/mol. The first kappa shape index (κ1) is 13.7. The van der Waals surface area contributed by atoms with Gasteiger partial charge in [0.1, 0.15) is 24.3 Å². The fourth-order valence-corrected chi connectivity index (χ4v) is 2.31. The summed E-state index contributed by atoms with van der Waals surface area (Å²) in [6, 6.07) is 0. The summed E-state index contributed by atoms with van der Waals surface area (Å²) < 4.78 is 49.0. The van der Waals surface area contributed by atoms with E-state index in [2.05, 4.69) is 4.74 Å². The Balaban J connectivity index is 3.77. The number of halogens is 1. The Morgan fingerprint density at radius 3 is 2.29 bits per heavy atom. The van der Waals surface area contributed by atoms with Crippen LogP contribution >= 0.6 is 0 Å². The van der Waals surface area contributed by atoms with Gasteiger partial charge in [-0.1, -0.05) is 0 Å².